The Bertz CT molecular complexity index is 1890. The summed E-state index contributed by atoms with van der Waals surface area (Å²) in [5.41, 5.74) is 8.96. The molecule has 0 aliphatic heterocycles. The SMILES string of the molecule is O=C1c2ccc3c(c2C=C(c2ccnc(Oc4ccccc4)n2)C1c1ccc(F)cc1)CCC1=C3C=CCC1.c1cn[nH]c1. The minimum absolute atomic E-state index is 0.0139. The summed E-state index contributed by atoms with van der Waals surface area (Å²) in [4.78, 5) is 23.2. The molecule has 0 amide bonds. The first-order valence-electron chi connectivity index (χ1n) is 14.7. The number of nitrogens with zero attached hydrogens (tertiary/aromatic N) is 3. The number of aromatic amines is 1. The lowest BCUT2D eigenvalue weighted by molar-refractivity contribution is 0.0978. The zero-order valence-corrected chi connectivity index (χ0v) is 23.9. The van der Waals surface area contributed by atoms with Crippen molar-refractivity contribution in [3.63, 3.8) is 0 Å². The van der Waals surface area contributed by atoms with Gasteiger partial charge in [-0.1, -0.05) is 60.2 Å². The molecule has 6 nitrogen and oxygen atoms in total. The molecule has 216 valence electrons. The quantitative estimate of drug-likeness (QED) is 0.231. The van der Waals surface area contributed by atoms with Gasteiger partial charge in [0.05, 0.1) is 11.6 Å². The summed E-state index contributed by atoms with van der Waals surface area (Å²) in [5, 5.41) is 6.21. The second-order valence-corrected chi connectivity index (χ2v) is 10.9. The van der Waals surface area contributed by atoms with Crippen molar-refractivity contribution in [3.8, 4) is 11.8 Å². The number of H-pyrrole nitrogens is 1. The average molecular weight is 581 g/mol. The molecule has 1 atom stereocenters. The van der Waals surface area contributed by atoms with Crippen LogP contribution in [0, 0.1) is 5.82 Å². The summed E-state index contributed by atoms with van der Waals surface area (Å²) in [5.74, 6) is -0.349. The number of nitrogens with one attached hydrogen (secondary N) is 1. The number of carbonyl (C=O) groups excluding carboxylic acids is 1. The lowest BCUT2D eigenvalue weighted by atomic mass is 9.72. The summed E-state index contributed by atoms with van der Waals surface area (Å²) in [7, 11) is 0. The Morgan fingerprint density at radius 2 is 1.70 bits per heavy atom. The van der Waals surface area contributed by atoms with Crippen LogP contribution in [0.2, 0.25) is 0 Å². The topological polar surface area (TPSA) is 80.8 Å². The van der Waals surface area contributed by atoms with E-state index in [1.54, 1.807) is 36.8 Å². The second-order valence-electron chi connectivity index (χ2n) is 10.9. The van der Waals surface area contributed by atoms with Crippen molar-refractivity contribution < 1.29 is 13.9 Å². The number of hydrogen-bond donors (Lipinski definition) is 1. The molecule has 0 fully saturated rings. The first-order chi connectivity index (χ1) is 21.7. The van der Waals surface area contributed by atoms with Gasteiger partial charge in [-0.2, -0.15) is 10.1 Å². The fraction of sp³-hybridized carbons (Fsp3) is 0.135. The Balaban J connectivity index is 0.000000571. The molecule has 1 N–H and O–H groups in total. The smallest absolute Gasteiger partial charge is 0.322 e. The largest absolute Gasteiger partial charge is 0.424 e. The molecule has 3 aliphatic rings. The zero-order chi connectivity index (χ0) is 29.9. The van der Waals surface area contributed by atoms with Crippen LogP contribution in [0.5, 0.6) is 11.8 Å². The van der Waals surface area contributed by atoms with Crippen molar-refractivity contribution in [2.75, 3.05) is 0 Å². The van der Waals surface area contributed by atoms with Gasteiger partial charge in [0.15, 0.2) is 5.78 Å². The standard InChI is InChI=1S/C34H25FN2O2.C3H4N2/c35-23-13-10-22(11-14-23)32-30(31-18-19-36-34(37-31)39-24-7-2-1-3-8-24)20-29-27-15-12-21-6-4-5-9-25(21)26(27)16-17-28(29)33(32)38;1-2-4-5-3-1/h1-3,5,7-11,13-14,16-20,32H,4,6,12,15H2;1-3H,(H,4,5). The van der Waals surface area contributed by atoms with Crippen LogP contribution < -0.4 is 4.74 Å². The van der Waals surface area contributed by atoms with Crippen LogP contribution >= 0.6 is 0 Å². The van der Waals surface area contributed by atoms with E-state index < -0.39 is 5.92 Å². The Kier molecular flexibility index (Phi) is 7.51. The number of Topliss-reactive ketones (excluding diaryl/α,β-unsaturated/α-hetero) is 1. The van der Waals surface area contributed by atoms with E-state index in [0.29, 0.717) is 17.0 Å². The Morgan fingerprint density at radius 1 is 0.864 bits per heavy atom. The molecule has 3 aromatic carbocycles. The lowest BCUT2D eigenvalue weighted by Gasteiger charge is -2.31. The number of aromatic nitrogens is 4. The highest BCUT2D eigenvalue weighted by molar-refractivity contribution is 6.17. The Hall–Kier alpha value is -5.43. The summed E-state index contributed by atoms with van der Waals surface area (Å²) >= 11 is 0. The highest BCUT2D eigenvalue weighted by atomic mass is 19.1. The van der Waals surface area contributed by atoms with E-state index in [4.69, 9.17) is 9.72 Å². The van der Waals surface area contributed by atoms with Gasteiger partial charge in [-0.15, -0.1) is 0 Å². The second kappa shape index (κ2) is 12.1. The van der Waals surface area contributed by atoms with Crippen LogP contribution in [0.4, 0.5) is 4.39 Å². The van der Waals surface area contributed by atoms with Crippen molar-refractivity contribution in [2.24, 2.45) is 0 Å². The van der Waals surface area contributed by atoms with E-state index in [0.717, 1.165) is 42.4 Å². The van der Waals surface area contributed by atoms with E-state index in [9.17, 15) is 9.18 Å². The fourth-order valence-corrected chi connectivity index (χ4v) is 6.20. The number of hydrogen-bond acceptors (Lipinski definition) is 5. The molecular weight excluding hydrogens is 551 g/mol. The van der Waals surface area contributed by atoms with Gasteiger partial charge in [0.25, 0.3) is 0 Å². The number of carbonyl (C=O) groups is 1. The van der Waals surface area contributed by atoms with Crippen molar-refractivity contribution in [1.29, 1.82) is 0 Å². The van der Waals surface area contributed by atoms with Crippen LogP contribution in [0.1, 0.15) is 63.5 Å². The number of rotatable bonds is 4. The molecular formula is C37H29FN4O2. The number of fused-ring (bicyclic) bond motifs is 4. The van der Waals surface area contributed by atoms with Crippen molar-refractivity contribution >= 4 is 23.0 Å². The van der Waals surface area contributed by atoms with Crippen molar-refractivity contribution in [1.82, 2.24) is 20.2 Å². The molecule has 8 rings (SSSR count). The zero-order valence-electron chi connectivity index (χ0n) is 23.9. The van der Waals surface area contributed by atoms with Gasteiger partial charge >= 0.3 is 6.01 Å². The molecule has 0 spiro atoms. The Labute approximate surface area is 254 Å². The highest BCUT2D eigenvalue weighted by Crippen LogP contribution is 2.46. The van der Waals surface area contributed by atoms with Crippen LogP contribution in [-0.4, -0.2) is 25.9 Å². The number of allylic oxidation sites excluding steroid dienone is 5. The molecule has 3 aliphatic carbocycles. The van der Waals surface area contributed by atoms with Gasteiger partial charge in [0.2, 0.25) is 0 Å². The molecule has 5 aromatic rings. The van der Waals surface area contributed by atoms with E-state index in [-0.39, 0.29) is 17.6 Å². The summed E-state index contributed by atoms with van der Waals surface area (Å²) in [6, 6.07) is 23.4. The van der Waals surface area contributed by atoms with Gasteiger partial charge in [-0.3, -0.25) is 9.89 Å². The monoisotopic (exact) mass is 580 g/mol. The van der Waals surface area contributed by atoms with Crippen LogP contribution in [0.15, 0.2) is 115 Å². The first-order valence-corrected chi connectivity index (χ1v) is 14.7. The number of benzene rings is 3. The predicted molar refractivity (Wildman–Crippen MR) is 169 cm³/mol. The summed E-state index contributed by atoms with van der Waals surface area (Å²) < 4.78 is 19.8. The van der Waals surface area contributed by atoms with Gasteiger partial charge < -0.3 is 4.74 Å². The highest BCUT2D eigenvalue weighted by Gasteiger charge is 2.35. The third-order valence-electron chi connectivity index (χ3n) is 8.23. The Morgan fingerprint density at radius 3 is 2.48 bits per heavy atom. The first kappa shape index (κ1) is 27.4. The van der Waals surface area contributed by atoms with Gasteiger partial charge in [0, 0.05) is 24.2 Å². The summed E-state index contributed by atoms with van der Waals surface area (Å²) in [6.07, 6.45) is 15.8. The molecule has 44 heavy (non-hydrogen) atoms. The molecule has 0 radical (unpaired) electrons. The number of ether oxygens (including phenoxy) is 1. The minimum Gasteiger partial charge on any atom is -0.424 e. The third kappa shape index (κ3) is 5.40. The third-order valence-corrected chi connectivity index (χ3v) is 8.23. The lowest BCUT2D eigenvalue weighted by Crippen LogP contribution is -2.22. The van der Waals surface area contributed by atoms with Gasteiger partial charge in [0.1, 0.15) is 11.6 Å². The van der Waals surface area contributed by atoms with Crippen molar-refractivity contribution in [3.05, 3.63) is 155 Å². The molecule has 0 bridgehead atoms. The molecule has 0 saturated heterocycles. The van der Waals surface area contributed by atoms with E-state index in [1.165, 1.54) is 34.4 Å². The molecule has 2 heterocycles. The number of ketones is 1. The minimum atomic E-state index is -0.622. The van der Waals surface area contributed by atoms with Gasteiger partial charge in [-0.05, 0) is 102 Å². The van der Waals surface area contributed by atoms with E-state index >= 15 is 0 Å². The maximum atomic E-state index is 14.2. The normalized spacial score (nSPS) is 16.6. The van der Waals surface area contributed by atoms with Crippen molar-refractivity contribution in [2.45, 2.75) is 31.6 Å². The number of para-hydroxylation sites is 1. The molecule has 0 saturated carbocycles. The van der Waals surface area contributed by atoms with E-state index in [1.807, 2.05) is 42.5 Å². The summed E-state index contributed by atoms with van der Waals surface area (Å²) in [6.45, 7) is 0. The van der Waals surface area contributed by atoms with Crippen LogP contribution in [0.25, 0.3) is 17.2 Å². The van der Waals surface area contributed by atoms with Crippen LogP contribution in [-0.2, 0) is 6.42 Å². The molecule has 7 heteroatoms. The number of halogens is 1. The molecule has 1 unspecified atom stereocenters. The van der Waals surface area contributed by atoms with E-state index in [2.05, 4.69) is 39.5 Å². The molecule has 2 aromatic heterocycles. The van der Waals surface area contributed by atoms with Crippen LogP contribution in [0.3, 0.4) is 0 Å². The average Bonchev–Trinajstić information content (AvgIpc) is 3.66. The predicted octanol–water partition coefficient (Wildman–Crippen LogP) is 8.39. The maximum Gasteiger partial charge on any atom is 0.322 e. The van der Waals surface area contributed by atoms with Gasteiger partial charge in [-0.25, -0.2) is 9.37 Å². The maximum absolute atomic E-state index is 14.2. The fourth-order valence-electron chi connectivity index (χ4n) is 6.20.